The number of hydrogen-bond donors (Lipinski definition) is 1. The van der Waals surface area contributed by atoms with Crippen molar-refractivity contribution in [2.75, 3.05) is 19.8 Å². The SMILES string of the molecule is CCOC(=O)CCCC(=O)NC1(C)COC(C)(C)OC1. The van der Waals surface area contributed by atoms with Gasteiger partial charge in [0.25, 0.3) is 0 Å². The van der Waals surface area contributed by atoms with Gasteiger partial charge in [-0.25, -0.2) is 0 Å². The molecule has 1 heterocycles. The molecule has 1 aliphatic rings. The molecule has 1 N–H and O–H groups in total. The van der Waals surface area contributed by atoms with Crippen LogP contribution >= 0.6 is 0 Å². The van der Waals surface area contributed by atoms with Crippen molar-refractivity contribution in [1.29, 1.82) is 0 Å². The lowest BCUT2D eigenvalue weighted by Crippen LogP contribution is -2.59. The zero-order valence-corrected chi connectivity index (χ0v) is 12.8. The first-order chi connectivity index (χ1) is 9.26. The summed E-state index contributed by atoms with van der Waals surface area (Å²) in [4.78, 5) is 23.0. The Morgan fingerprint density at radius 1 is 1.15 bits per heavy atom. The van der Waals surface area contributed by atoms with Crippen LogP contribution in [0.4, 0.5) is 0 Å². The van der Waals surface area contributed by atoms with E-state index in [0.29, 0.717) is 26.2 Å². The zero-order valence-electron chi connectivity index (χ0n) is 12.8. The molecule has 1 amide bonds. The van der Waals surface area contributed by atoms with Crippen LogP contribution in [0.15, 0.2) is 0 Å². The van der Waals surface area contributed by atoms with Gasteiger partial charge in [0.15, 0.2) is 5.79 Å². The fourth-order valence-corrected chi connectivity index (χ4v) is 1.85. The fourth-order valence-electron chi connectivity index (χ4n) is 1.85. The third-order valence-electron chi connectivity index (χ3n) is 3.01. The third-order valence-corrected chi connectivity index (χ3v) is 3.01. The average molecular weight is 287 g/mol. The van der Waals surface area contributed by atoms with Gasteiger partial charge in [0, 0.05) is 12.8 Å². The van der Waals surface area contributed by atoms with E-state index in [0.717, 1.165) is 0 Å². The smallest absolute Gasteiger partial charge is 0.305 e. The molecule has 0 spiro atoms. The molecular weight excluding hydrogens is 262 g/mol. The summed E-state index contributed by atoms with van der Waals surface area (Å²) in [6, 6.07) is 0. The van der Waals surface area contributed by atoms with Gasteiger partial charge in [-0.1, -0.05) is 0 Å². The Hall–Kier alpha value is -1.14. The minimum absolute atomic E-state index is 0.108. The molecular formula is C14H25NO5. The number of ether oxygens (including phenoxy) is 3. The highest BCUT2D eigenvalue weighted by atomic mass is 16.7. The molecule has 6 heteroatoms. The van der Waals surface area contributed by atoms with E-state index in [1.807, 2.05) is 20.8 Å². The summed E-state index contributed by atoms with van der Waals surface area (Å²) in [6.45, 7) is 8.50. The van der Waals surface area contributed by atoms with Crippen molar-refractivity contribution in [3.63, 3.8) is 0 Å². The fraction of sp³-hybridized carbons (Fsp3) is 0.857. The Balaban J connectivity index is 2.27. The van der Waals surface area contributed by atoms with E-state index in [4.69, 9.17) is 14.2 Å². The third kappa shape index (κ3) is 5.88. The molecule has 0 aromatic heterocycles. The molecule has 0 aromatic rings. The average Bonchev–Trinajstić information content (AvgIpc) is 2.34. The molecule has 116 valence electrons. The van der Waals surface area contributed by atoms with Crippen molar-refractivity contribution in [3.8, 4) is 0 Å². The maximum atomic E-state index is 11.8. The molecule has 1 aliphatic heterocycles. The molecule has 1 rings (SSSR count). The summed E-state index contributed by atoms with van der Waals surface area (Å²) in [7, 11) is 0. The summed E-state index contributed by atoms with van der Waals surface area (Å²) in [5, 5.41) is 2.90. The predicted molar refractivity (Wildman–Crippen MR) is 73.0 cm³/mol. The number of amides is 1. The number of carbonyl (C=O) groups is 2. The zero-order chi connectivity index (χ0) is 15.2. The van der Waals surface area contributed by atoms with E-state index < -0.39 is 11.3 Å². The first-order valence-electron chi connectivity index (χ1n) is 7.01. The van der Waals surface area contributed by atoms with Gasteiger partial charge >= 0.3 is 5.97 Å². The van der Waals surface area contributed by atoms with E-state index in [1.54, 1.807) is 6.92 Å². The molecule has 1 fully saturated rings. The normalized spacial score (nSPS) is 20.2. The van der Waals surface area contributed by atoms with E-state index in [1.165, 1.54) is 0 Å². The van der Waals surface area contributed by atoms with Crippen molar-refractivity contribution >= 4 is 11.9 Å². The largest absolute Gasteiger partial charge is 0.466 e. The summed E-state index contributed by atoms with van der Waals surface area (Å²) in [5.74, 6) is -0.977. The molecule has 20 heavy (non-hydrogen) atoms. The molecule has 6 nitrogen and oxygen atoms in total. The van der Waals surface area contributed by atoms with Gasteiger partial charge in [0.05, 0.1) is 25.4 Å². The van der Waals surface area contributed by atoms with Crippen molar-refractivity contribution in [1.82, 2.24) is 5.32 Å². The van der Waals surface area contributed by atoms with E-state index >= 15 is 0 Å². The van der Waals surface area contributed by atoms with E-state index in [9.17, 15) is 9.59 Å². The first-order valence-corrected chi connectivity index (χ1v) is 7.01. The van der Waals surface area contributed by atoms with Gasteiger partial charge in [-0.2, -0.15) is 0 Å². The maximum Gasteiger partial charge on any atom is 0.305 e. The number of nitrogens with one attached hydrogen (secondary N) is 1. The lowest BCUT2D eigenvalue weighted by Gasteiger charge is -2.41. The lowest BCUT2D eigenvalue weighted by molar-refractivity contribution is -0.268. The summed E-state index contributed by atoms with van der Waals surface area (Å²) < 4.78 is 15.9. The highest BCUT2D eigenvalue weighted by molar-refractivity contribution is 5.77. The number of rotatable bonds is 6. The monoisotopic (exact) mass is 287 g/mol. The standard InChI is InChI=1S/C14H25NO5/c1-5-18-12(17)8-6-7-11(16)15-14(4)9-19-13(2,3)20-10-14/h5-10H2,1-4H3,(H,15,16). The number of esters is 1. The Bertz CT molecular complexity index is 343. The van der Waals surface area contributed by atoms with Crippen LogP contribution in [0.2, 0.25) is 0 Å². The Kier molecular flexibility index (Phi) is 5.95. The van der Waals surface area contributed by atoms with Gasteiger partial charge in [-0.3, -0.25) is 9.59 Å². The predicted octanol–water partition coefficient (Wildman–Crippen LogP) is 1.38. The van der Waals surface area contributed by atoms with Crippen molar-refractivity contribution in [2.45, 2.75) is 58.3 Å². The van der Waals surface area contributed by atoms with Gasteiger partial charge in [0.1, 0.15) is 0 Å². The van der Waals surface area contributed by atoms with Crippen LogP contribution in [0.3, 0.4) is 0 Å². The molecule has 0 atom stereocenters. The molecule has 1 saturated heterocycles. The Labute approximate surface area is 120 Å². The van der Waals surface area contributed by atoms with Crippen molar-refractivity contribution in [2.24, 2.45) is 0 Å². The molecule has 0 saturated carbocycles. The lowest BCUT2D eigenvalue weighted by atomic mass is 10.0. The molecule has 0 aromatic carbocycles. The van der Waals surface area contributed by atoms with Crippen LogP contribution in [0, 0.1) is 0 Å². The van der Waals surface area contributed by atoms with Gasteiger partial charge in [-0.15, -0.1) is 0 Å². The van der Waals surface area contributed by atoms with Gasteiger partial charge in [-0.05, 0) is 34.1 Å². The molecule has 0 bridgehead atoms. The van der Waals surface area contributed by atoms with E-state index in [2.05, 4.69) is 5.32 Å². The van der Waals surface area contributed by atoms with Crippen LogP contribution in [-0.4, -0.2) is 43.0 Å². The molecule has 0 unspecified atom stereocenters. The second-order valence-electron chi connectivity index (χ2n) is 5.74. The topological polar surface area (TPSA) is 73.9 Å². The second-order valence-corrected chi connectivity index (χ2v) is 5.74. The van der Waals surface area contributed by atoms with Crippen LogP contribution in [0.5, 0.6) is 0 Å². The van der Waals surface area contributed by atoms with Crippen LogP contribution < -0.4 is 5.32 Å². The summed E-state index contributed by atoms with van der Waals surface area (Å²) >= 11 is 0. The summed E-state index contributed by atoms with van der Waals surface area (Å²) in [6.07, 6.45) is 1.03. The maximum absolute atomic E-state index is 11.8. The minimum atomic E-state index is -0.603. The highest BCUT2D eigenvalue weighted by Crippen LogP contribution is 2.23. The highest BCUT2D eigenvalue weighted by Gasteiger charge is 2.37. The van der Waals surface area contributed by atoms with Crippen molar-refractivity contribution < 1.29 is 23.8 Å². The quantitative estimate of drug-likeness (QED) is 0.747. The second kappa shape index (κ2) is 7.04. The van der Waals surface area contributed by atoms with Crippen molar-refractivity contribution in [3.05, 3.63) is 0 Å². The number of hydrogen-bond acceptors (Lipinski definition) is 5. The van der Waals surface area contributed by atoms with Crippen LogP contribution in [0.1, 0.15) is 47.0 Å². The van der Waals surface area contributed by atoms with Crippen LogP contribution in [-0.2, 0) is 23.8 Å². The Morgan fingerprint density at radius 2 is 1.75 bits per heavy atom. The first kappa shape index (κ1) is 16.9. The minimum Gasteiger partial charge on any atom is -0.466 e. The van der Waals surface area contributed by atoms with Crippen LogP contribution in [0.25, 0.3) is 0 Å². The molecule has 0 radical (unpaired) electrons. The van der Waals surface area contributed by atoms with E-state index in [-0.39, 0.29) is 24.7 Å². The number of carbonyl (C=O) groups excluding carboxylic acids is 2. The molecule has 0 aliphatic carbocycles. The van der Waals surface area contributed by atoms with Gasteiger partial charge < -0.3 is 19.5 Å². The van der Waals surface area contributed by atoms with Gasteiger partial charge in [0.2, 0.25) is 5.91 Å². The Morgan fingerprint density at radius 3 is 2.30 bits per heavy atom. The summed E-state index contributed by atoms with van der Waals surface area (Å²) in [5.41, 5.74) is -0.517.